The van der Waals surface area contributed by atoms with Crippen LogP contribution >= 0.6 is 43.2 Å². The first-order valence-corrected chi connectivity index (χ1v) is 9.90. The lowest BCUT2D eigenvalue weighted by molar-refractivity contribution is 0.602. The molecule has 2 nitrogen and oxygen atoms in total. The van der Waals surface area contributed by atoms with E-state index in [4.69, 9.17) is 0 Å². The number of rotatable bonds is 3. The van der Waals surface area contributed by atoms with E-state index in [0.717, 1.165) is 10.0 Å². The molecule has 0 saturated carbocycles. The van der Waals surface area contributed by atoms with Gasteiger partial charge in [0, 0.05) is 20.5 Å². The highest BCUT2D eigenvalue weighted by Crippen LogP contribution is 2.38. The van der Waals surface area contributed by atoms with Gasteiger partial charge in [0.05, 0.1) is 9.72 Å². The second kappa shape index (κ2) is 5.68. The summed E-state index contributed by atoms with van der Waals surface area (Å²) in [5.74, 6) is 0. The minimum absolute atomic E-state index is 0.0797. The van der Waals surface area contributed by atoms with Crippen LogP contribution in [0.4, 0.5) is 0 Å². The highest BCUT2D eigenvalue weighted by Gasteiger charge is 2.15. The van der Waals surface area contributed by atoms with Crippen molar-refractivity contribution >= 4 is 53.0 Å². The summed E-state index contributed by atoms with van der Waals surface area (Å²) in [6.45, 7) is 2.06. The fourth-order valence-corrected chi connectivity index (χ4v) is 4.57. The first kappa shape index (κ1) is 15.2. The molecular weight excluding hydrogens is 412 g/mol. The van der Waals surface area contributed by atoms with Gasteiger partial charge in [0.2, 0.25) is 0 Å². The van der Waals surface area contributed by atoms with Crippen LogP contribution in [0.3, 0.4) is 0 Å². The van der Waals surface area contributed by atoms with Crippen molar-refractivity contribution in [1.82, 2.24) is 0 Å². The molecule has 0 radical (unpaired) electrons. The molecule has 0 aliphatic rings. The maximum Gasteiger partial charge on any atom is 0.175 e. The summed E-state index contributed by atoms with van der Waals surface area (Å²) in [5, 5.41) is 0. The highest BCUT2D eigenvalue weighted by atomic mass is 79.9. The fraction of sp³-hybridized carbons (Fsp3) is 0.231. The number of alkyl halides is 1. The van der Waals surface area contributed by atoms with Gasteiger partial charge in [-0.05, 0) is 46.6 Å². The average Bonchev–Trinajstić information content (AvgIpc) is 2.68. The summed E-state index contributed by atoms with van der Waals surface area (Å²) >= 11 is 8.88. The normalized spacial score (nSPS) is 13.5. The van der Waals surface area contributed by atoms with Crippen molar-refractivity contribution < 1.29 is 8.42 Å². The Kier molecular flexibility index (Phi) is 4.55. The monoisotopic (exact) mass is 422 g/mol. The maximum atomic E-state index is 11.4. The Balaban J connectivity index is 2.32. The summed E-state index contributed by atoms with van der Waals surface area (Å²) in [6.07, 6.45) is 1.22. The second-order valence-electron chi connectivity index (χ2n) is 4.26. The standard InChI is InChI=1S/C13H12Br2O2S2/c1-8-11(14)7-12(18-8)13(15)9-3-5-10(6-4-9)19(2,16)17/h3-7,13H,1-2H3. The van der Waals surface area contributed by atoms with E-state index in [-0.39, 0.29) is 4.83 Å². The van der Waals surface area contributed by atoms with Gasteiger partial charge in [-0.1, -0.05) is 28.1 Å². The fourth-order valence-electron chi connectivity index (χ4n) is 1.65. The Labute approximate surface area is 134 Å². The van der Waals surface area contributed by atoms with Crippen LogP contribution in [-0.2, 0) is 9.84 Å². The minimum Gasteiger partial charge on any atom is -0.224 e. The summed E-state index contributed by atoms with van der Waals surface area (Å²) < 4.78 is 23.9. The Morgan fingerprint density at radius 1 is 1.21 bits per heavy atom. The zero-order chi connectivity index (χ0) is 14.2. The van der Waals surface area contributed by atoms with Crippen LogP contribution in [0.5, 0.6) is 0 Å². The van der Waals surface area contributed by atoms with Crippen LogP contribution in [0.2, 0.25) is 0 Å². The molecule has 0 fully saturated rings. The molecule has 0 spiro atoms. The van der Waals surface area contributed by atoms with Gasteiger partial charge in [0.25, 0.3) is 0 Å². The molecule has 0 bridgehead atoms. The lowest BCUT2D eigenvalue weighted by Gasteiger charge is -2.08. The quantitative estimate of drug-likeness (QED) is 0.670. The molecule has 1 heterocycles. The Morgan fingerprint density at radius 2 is 1.79 bits per heavy atom. The molecule has 6 heteroatoms. The largest absolute Gasteiger partial charge is 0.224 e. The molecule has 2 aromatic rings. The van der Waals surface area contributed by atoms with E-state index in [0.29, 0.717) is 4.90 Å². The molecular formula is C13H12Br2O2S2. The molecule has 0 N–H and O–H groups in total. The van der Waals surface area contributed by atoms with Gasteiger partial charge in [-0.2, -0.15) is 0 Å². The number of hydrogen-bond acceptors (Lipinski definition) is 3. The number of sulfone groups is 1. The van der Waals surface area contributed by atoms with Gasteiger partial charge >= 0.3 is 0 Å². The number of benzene rings is 1. The van der Waals surface area contributed by atoms with E-state index in [9.17, 15) is 8.42 Å². The maximum absolute atomic E-state index is 11.4. The molecule has 1 atom stereocenters. The van der Waals surface area contributed by atoms with Gasteiger partial charge in [-0.25, -0.2) is 8.42 Å². The van der Waals surface area contributed by atoms with Crippen LogP contribution in [0.1, 0.15) is 20.1 Å². The van der Waals surface area contributed by atoms with Gasteiger partial charge < -0.3 is 0 Å². The first-order valence-electron chi connectivity index (χ1n) is 5.49. The molecule has 102 valence electrons. The van der Waals surface area contributed by atoms with Crippen LogP contribution in [-0.4, -0.2) is 14.7 Å². The molecule has 0 aliphatic heterocycles. The molecule has 2 rings (SSSR count). The predicted molar refractivity (Wildman–Crippen MR) is 87.1 cm³/mol. The first-order chi connectivity index (χ1) is 8.79. The Morgan fingerprint density at radius 3 is 2.21 bits per heavy atom. The van der Waals surface area contributed by atoms with E-state index in [2.05, 4.69) is 44.8 Å². The topological polar surface area (TPSA) is 34.1 Å². The highest BCUT2D eigenvalue weighted by molar-refractivity contribution is 9.10. The van der Waals surface area contributed by atoms with Crippen molar-refractivity contribution in [3.05, 3.63) is 50.1 Å². The van der Waals surface area contributed by atoms with Crippen LogP contribution in [0, 0.1) is 6.92 Å². The molecule has 0 aliphatic carbocycles. The SMILES string of the molecule is Cc1sc(C(Br)c2ccc(S(C)(=O)=O)cc2)cc1Br. The van der Waals surface area contributed by atoms with Crippen molar-refractivity contribution in [3.63, 3.8) is 0 Å². The number of aryl methyl sites for hydroxylation is 1. The molecule has 0 amide bonds. The summed E-state index contributed by atoms with van der Waals surface area (Å²) in [7, 11) is -3.13. The van der Waals surface area contributed by atoms with E-state index in [1.165, 1.54) is 16.0 Å². The molecule has 0 saturated heterocycles. The zero-order valence-corrected chi connectivity index (χ0v) is 15.2. The van der Waals surface area contributed by atoms with Crippen molar-refractivity contribution in [2.75, 3.05) is 6.26 Å². The lowest BCUT2D eigenvalue weighted by atomic mass is 10.1. The van der Waals surface area contributed by atoms with Gasteiger partial charge in [-0.3, -0.25) is 0 Å². The average molecular weight is 424 g/mol. The predicted octanol–water partition coefficient (Wildman–Crippen LogP) is 4.71. The van der Waals surface area contributed by atoms with Gasteiger partial charge in [-0.15, -0.1) is 11.3 Å². The number of thiophene rings is 1. The van der Waals surface area contributed by atoms with Crippen molar-refractivity contribution in [1.29, 1.82) is 0 Å². The lowest BCUT2D eigenvalue weighted by Crippen LogP contribution is -1.97. The van der Waals surface area contributed by atoms with E-state index in [1.807, 2.05) is 12.1 Å². The number of halogens is 2. The third kappa shape index (κ3) is 3.48. The minimum atomic E-state index is -3.13. The zero-order valence-electron chi connectivity index (χ0n) is 10.4. The summed E-state index contributed by atoms with van der Waals surface area (Å²) in [5.41, 5.74) is 1.04. The molecule has 1 aromatic carbocycles. The van der Waals surface area contributed by atoms with Gasteiger partial charge in [0.15, 0.2) is 9.84 Å². The summed E-state index contributed by atoms with van der Waals surface area (Å²) in [6, 6.07) is 9.07. The van der Waals surface area contributed by atoms with Crippen LogP contribution in [0.25, 0.3) is 0 Å². The third-order valence-corrected chi connectivity index (χ3v) is 7.38. The van der Waals surface area contributed by atoms with Crippen molar-refractivity contribution in [3.8, 4) is 0 Å². The molecule has 19 heavy (non-hydrogen) atoms. The van der Waals surface area contributed by atoms with E-state index < -0.39 is 9.84 Å². The molecule has 1 aromatic heterocycles. The summed E-state index contributed by atoms with van der Waals surface area (Å²) in [4.78, 5) is 2.85. The Bertz CT molecular complexity index is 668. The van der Waals surface area contributed by atoms with Crippen LogP contribution in [0.15, 0.2) is 39.7 Å². The number of hydrogen-bond donors (Lipinski definition) is 0. The van der Waals surface area contributed by atoms with E-state index in [1.54, 1.807) is 23.5 Å². The van der Waals surface area contributed by atoms with Gasteiger partial charge in [0.1, 0.15) is 0 Å². The Hall–Kier alpha value is -0.170. The third-order valence-electron chi connectivity index (χ3n) is 2.73. The van der Waals surface area contributed by atoms with Crippen molar-refractivity contribution in [2.45, 2.75) is 16.6 Å². The smallest absolute Gasteiger partial charge is 0.175 e. The molecule has 1 unspecified atom stereocenters. The van der Waals surface area contributed by atoms with Crippen LogP contribution < -0.4 is 0 Å². The van der Waals surface area contributed by atoms with Crippen molar-refractivity contribution in [2.24, 2.45) is 0 Å². The van der Waals surface area contributed by atoms with E-state index >= 15 is 0 Å². The second-order valence-corrected chi connectivity index (χ2v) is 9.33.